The Kier molecular flexibility index (Phi) is 5.15. The van der Waals surface area contributed by atoms with Crippen molar-refractivity contribution >= 4 is 5.91 Å². The standard InChI is InChI=1S/C16H23NO3/c1-2-20-12-14-7-5-13(6-8-14)11-17-15(18)16(19)9-3-4-10-16/h5-8,19H,2-4,9-12H2,1H3,(H,17,18). The number of aliphatic hydroxyl groups is 1. The zero-order chi connectivity index (χ0) is 14.4. The molecule has 110 valence electrons. The van der Waals surface area contributed by atoms with E-state index in [1.807, 2.05) is 31.2 Å². The molecule has 0 aliphatic heterocycles. The zero-order valence-electron chi connectivity index (χ0n) is 12.0. The number of hydrogen-bond acceptors (Lipinski definition) is 3. The van der Waals surface area contributed by atoms with Crippen molar-refractivity contribution in [3.8, 4) is 0 Å². The first-order valence-electron chi connectivity index (χ1n) is 7.30. The first-order valence-corrected chi connectivity index (χ1v) is 7.30. The molecular weight excluding hydrogens is 254 g/mol. The Morgan fingerprint density at radius 1 is 1.25 bits per heavy atom. The summed E-state index contributed by atoms with van der Waals surface area (Å²) in [5, 5.41) is 13.0. The minimum Gasteiger partial charge on any atom is -0.380 e. The molecule has 1 aromatic rings. The monoisotopic (exact) mass is 277 g/mol. The van der Waals surface area contributed by atoms with Gasteiger partial charge in [-0.3, -0.25) is 4.79 Å². The Labute approximate surface area is 120 Å². The van der Waals surface area contributed by atoms with Gasteiger partial charge in [0.1, 0.15) is 5.60 Å². The zero-order valence-corrected chi connectivity index (χ0v) is 12.0. The van der Waals surface area contributed by atoms with Crippen LogP contribution in [0.1, 0.15) is 43.7 Å². The molecule has 0 atom stereocenters. The molecule has 1 fully saturated rings. The second-order valence-electron chi connectivity index (χ2n) is 5.38. The van der Waals surface area contributed by atoms with Crippen LogP contribution in [0.5, 0.6) is 0 Å². The molecule has 2 N–H and O–H groups in total. The van der Waals surface area contributed by atoms with Crippen molar-refractivity contribution in [2.45, 2.75) is 51.4 Å². The molecule has 20 heavy (non-hydrogen) atoms. The number of benzene rings is 1. The molecule has 1 aromatic carbocycles. The number of carbonyl (C=O) groups excluding carboxylic acids is 1. The third-order valence-corrected chi connectivity index (χ3v) is 3.80. The van der Waals surface area contributed by atoms with Gasteiger partial charge in [-0.15, -0.1) is 0 Å². The van der Waals surface area contributed by atoms with Crippen LogP contribution < -0.4 is 5.32 Å². The van der Waals surface area contributed by atoms with Gasteiger partial charge in [-0.1, -0.05) is 24.3 Å². The van der Waals surface area contributed by atoms with Gasteiger partial charge < -0.3 is 15.2 Å². The summed E-state index contributed by atoms with van der Waals surface area (Å²) in [7, 11) is 0. The first-order chi connectivity index (χ1) is 9.64. The fourth-order valence-corrected chi connectivity index (χ4v) is 2.51. The predicted octanol–water partition coefficient (Wildman–Crippen LogP) is 2.14. The average molecular weight is 277 g/mol. The number of ether oxygens (including phenoxy) is 1. The summed E-state index contributed by atoms with van der Waals surface area (Å²) in [6, 6.07) is 7.96. The van der Waals surface area contributed by atoms with Crippen molar-refractivity contribution in [2.24, 2.45) is 0 Å². The van der Waals surface area contributed by atoms with Crippen molar-refractivity contribution in [1.82, 2.24) is 5.32 Å². The molecular formula is C16H23NO3. The van der Waals surface area contributed by atoms with Gasteiger partial charge >= 0.3 is 0 Å². The Morgan fingerprint density at radius 3 is 2.45 bits per heavy atom. The minimum atomic E-state index is -1.14. The van der Waals surface area contributed by atoms with Gasteiger partial charge in [0, 0.05) is 13.2 Å². The Morgan fingerprint density at radius 2 is 1.85 bits per heavy atom. The second kappa shape index (κ2) is 6.86. The summed E-state index contributed by atoms with van der Waals surface area (Å²) in [4.78, 5) is 12.0. The van der Waals surface area contributed by atoms with Crippen LogP contribution in [0.3, 0.4) is 0 Å². The summed E-state index contributed by atoms with van der Waals surface area (Å²) in [6.45, 7) is 3.74. The van der Waals surface area contributed by atoms with Crippen molar-refractivity contribution in [2.75, 3.05) is 6.61 Å². The summed E-state index contributed by atoms with van der Waals surface area (Å²) in [5.41, 5.74) is 1.01. The maximum absolute atomic E-state index is 12.0. The van der Waals surface area contributed by atoms with Crippen molar-refractivity contribution < 1.29 is 14.6 Å². The Hall–Kier alpha value is -1.39. The summed E-state index contributed by atoms with van der Waals surface area (Å²) in [6.07, 6.45) is 3.00. The SMILES string of the molecule is CCOCc1ccc(CNC(=O)C2(O)CCCC2)cc1. The van der Waals surface area contributed by atoms with Crippen LogP contribution in [0.25, 0.3) is 0 Å². The van der Waals surface area contributed by atoms with Gasteiger partial charge in [0.25, 0.3) is 5.91 Å². The molecule has 0 saturated heterocycles. The summed E-state index contributed by atoms with van der Waals surface area (Å²) < 4.78 is 5.34. The molecule has 4 nitrogen and oxygen atoms in total. The van der Waals surface area contributed by atoms with Crippen LogP contribution in [-0.4, -0.2) is 23.2 Å². The van der Waals surface area contributed by atoms with E-state index in [-0.39, 0.29) is 5.91 Å². The lowest BCUT2D eigenvalue weighted by atomic mass is 10.0. The normalized spacial score (nSPS) is 17.1. The van der Waals surface area contributed by atoms with Gasteiger partial charge in [0.2, 0.25) is 0 Å². The van der Waals surface area contributed by atoms with E-state index in [2.05, 4.69) is 5.32 Å². The van der Waals surface area contributed by atoms with E-state index in [0.717, 1.165) is 24.0 Å². The molecule has 0 spiro atoms. The first kappa shape index (κ1) is 15.0. The van der Waals surface area contributed by atoms with Crippen molar-refractivity contribution in [3.63, 3.8) is 0 Å². The van der Waals surface area contributed by atoms with Crippen LogP contribution in [0.4, 0.5) is 0 Å². The fourth-order valence-electron chi connectivity index (χ4n) is 2.51. The van der Waals surface area contributed by atoms with Crippen LogP contribution in [-0.2, 0) is 22.7 Å². The molecule has 1 aliphatic carbocycles. The average Bonchev–Trinajstić information content (AvgIpc) is 2.92. The highest BCUT2D eigenvalue weighted by molar-refractivity contribution is 5.85. The molecule has 0 unspecified atom stereocenters. The quantitative estimate of drug-likeness (QED) is 0.837. The van der Waals surface area contributed by atoms with Crippen LogP contribution in [0.2, 0.25) is 0 Å². The number of amides is 1. The molecule has 2 rings (SSSR count). The van der Waals surface area contributed by atoms with Gasteiger partial charge in [0.15, 0.2) is 0 Å². The molecule has 1 saturated carbocycles. The Bertz CT molecular complexity index is 436. The highest BCUT2D eigenvalue weighted by atomic mass is 16.5. The van der Waals surface area contributed by atoms with Crippen LogP contribution in [0, 0.1) is 0 Å². The number of rotatable bonds is 6. The van der Waals surface area contributed by atoms with E-state index >= 15 is 0 Å². The topological polar surface area (TPSA) is 58.6 Å². The summed E-state index contributed by atoms with van der Waals surface area (Å²) in [5.74, 6) is -0.242. The number of carbonyl (C=O) groups is 1. The highest BCUT2D eigenvalue weighted by Gasteiger charge is 2.38. The van der Waals surface area contributed by atoms with E-state index in [1.165, 1.54) is 0 Å². The largest absolute Gasteiger partial charge is 0.380 e. The van der Waals surface area contributed by atoms with E-state index in [1.54, 1.807) is 0 Å². The second-order valence-corrected chi connectivity index (χ2v) is 5.38. The van der Waals surface area contributed by atoms with Crippen LogP contribution in [0.15, 0.2) is 24.3 Å². The van der Waals surface area contributed by atoms with Gasteiger partial charge in [-0.05, 0) is 43.7 Å². The fraction of sp³-hybridized carbons (Fsp3) is 0.562. The molecule has 0 radical (unpaired) electrons. The maximum atomic E-state index is 12.0. The number of hydrogen-bond donors (Lipinski definition) is 2. The van der Waals surface area contributed by atoms with E-state index in [0.29, 0.717) is 32.6 Å². The maximum Gasteiger partial charge on any atom is 0.252 e. The predicted molar refractivity (Wildman–Crippen MR) is 77.0 cm³/mol. The van der Waals surface area contributed by atoms with Gasteiger partial charge in [-0.2, -0.15) is 0 Å². The Balaban J connectivity index is 1.83. The summed E-state index contributed by atoms with van der Waals surface area (Å²) >= 11 is 0. The lowest BCUT2D eigenvalue weighted by molar-refractivity contribution is -0.139. The third kappa shape index (κ3) is 3.81. The molecule has 1 amide bonds. The van der Waals surface area contributed by atoms with E-state index in [4.69, 9.17) is 4.74 Å². The molecule has 0 heterocycles. The number of nitrogens with one attached hydrogen (secondary N) is 1. The van der Waals surface area contributed by atoms with Gasteiger partial charge in [0.05, 0.1) is 6.61 Å². The molecule has 4 heteroatoms. The lowest BCUT2D eigenvalue weighted by Crippen LogP contribution is -2.44. The smallest absolute Gasteiger partial charge is 0.252 e. The minimum absolute atomic E-state index is 0.242. The van der Waals surface area contributed by atoms with E-state index < -0.39 is 5.60 Å². The third-order valence-electron chi connectivity index (χ3n) is 3.80. The van der Waals surface area contributed by atoms with Crippen molar-refractivity contribution in [1.29, 1.82) is 0 Å². The molecule has 1 aliphatic rings. The molecule has 0 aromatic heterocycles. The van der Waals surface area contributed by atoms with Crippen molar-refractivity contribution in [3.05, 3.63) is 35.4 Å². The van der Waals surface area contributed by atoms with E-state index in [9.17, 15) is 9.90 Å². The van der Waals surface area contributed by atoms with Crippen LogP contribution >= 0.6 is 0 Å². The lowest BCUT2D eigenvalue weighted by Gasteiger charge is -2.20. The molecule has 0 bridgehead atoms. The van der Waals surface area contributed by atoms with Gasteiger partial charge in [-0.25, -0.2) is 0 Å². The highest BCUT2D eigenvalue weighted by Crippen LogP contribution is 2.29.